The summed E-state index contributed by atoms with van der Waals surface area (Å²) in [5.74, 6) is -1.73. The van der Waals surface area contributed by atoms with E-state index in [1.54, 1.807) is 19.2 Å². The molecule has 6 aliphatic rings. The molecular formula is C38H48N4O11. The average molecular weight is 737 g/mol. The van der Waals surface area contributed by atoms with Crippen LogP contribution in [0.2, 0.25) is 0 Å². The topological polar surface area (TPSA) is 193 Å². The first kappa shape index (κ1) is 36.5. The lowest BCUT2D eigenvalue weighted by Crippen LogP contribution is -2.55. The van der Waals surface area contributed by atoms with Gasteiger partial charge in [-0.25, -0.2) is 0 Å². The molecule has 0 spiro atoms. The van der Waals surface area contributed by atoms with Crippen molar-refractivity contribution in [3.63, 3.8) is 0 Å². The maximum absolute atomic E-state index is 14.1. The van der Waals surface area contributed by atoms with Gasteiger partial charge in [0.15, 0.2) is 30.4 Å². The Morgan fingerprint density at radius 3 is 2.58 bits per heavy atom. The molecule has 0 amide bonds. The fourth-order valence-corrected chi connectivity index (χ4v) is 9.32. The summed E-state index contributed by atoms with van der Waals surface area (Å²) in [5.41, 5.74) is -2.20. The molecule has 5 N–H and O–H groups in total. The molecule has 0 aromatic heterocycles. The maximum Gasteiger partial charge on any atom is 0.198 e. The van der Waals surface area contributed by atoms with Gasteiger partial charge in [0, 0.05) is 74.8 Å². The van der Waals surface area contributed by atoms with Gasteiger partial charge < -0.3 is 49.1 Å². The molecule has 53 heavy (non-hydrogen) atoms. The number of methoxy groups -OCH3 is 2. The van der Waals surface area contributed by atoms with Gasteiger partial charge in [-0.15, -0.1) is 0 Å². The van der Waals surface area contributed by atoms with Crippen LogP contribution in [-0.2, 0) is 34.9 Å². The minimum atomic E-state index is -2.01. The lowest BCUT2D eigenvalue weighted by Gasteiger charge is -2.44. The molecule has 0 unspecified atom stereocenters. The van der Waals surface area contributed by atoms with E-state index in [0.717, 1.165) is 12.8 Å². The smallest absolute Gasteiger partial charge is 0.198 e. The highest BCUT2D eigenvalue weighted by Gasteiger charge is 2.55. The van der Waals surface area contributed by atoms with Crippen molar-refractivity contribution in [2.24, 2.45) is 0 Å². The molecule has 4 aliphatic heterocycles. The number of phenols is 2. The van der Waals surface area contributed by atoms with Crippen molar-refractivity contribution in [1.82, 2.24) is 15.1 Å². The van der Waals surface area contributed by atoms with E-state index in [4.69, 9.17) is 28.4 Å². The number of hydrogen-bond donors (Lipinski definition) is 5. The molecule has 0 bridgehead atoms. The fraction of sp³-hybridized carbons (Fsp3) is 0.605. The zero-order valence-corrected chi connectivity index (χ0v) is 30.4. The standard InChI is InChI=1S/C38H48N4O11/c1-18-35-22(42-12-13-50-37(49-4)36(42)53-35)14-26(51-18)52-24-16-38(47,25(43)17-41-10-8-19(40-2)9-11-41)15-21-28(24)34(46)29-30(33(21)45)32(44)20-6-5-7-23(48-3)27(20)31(29)39/h5-7,18-19,22,24,26,35-37,39-40,45-47H,8-17H2,1-4H3/t18-,22-,24-,26-,35+,36+,37-,38-/m0/s1. The first-order valence-electron chi connectivity index (χ1n) is 18.4. The van der Waals surface area contributed by atoms with E-state index in [1.807, 2.05) is 18.9 Å². The largest absolute Gasteiger partial charge is 0.507 e. The summed E-state index contributed by atoms with van der Waals surface area (Å²) in [6.07, 6.45) is -2.28. The van der Waals surface area contributed by atoms with Gasteiger partial charge >= 0.3 is 0 Å². The van der Waals surface area contributed by atoms with Crippen LogP contribution in [0.5, 0.6) is 17.2 Å². The minimum absolute atomic E-state index is 0.0133. The molecule has 4 saturated heterocycles. The van der Waals surface area contributed by atoms with Gasteiger partial charge in [0.05, 0.1) is 54.9 Å². The molecule has 0 saturated carbocycles. The van der Waals surface area contributed by atoms with E-state index in [1.165, 1.54) is 13.2 Å². The number of nitrogens with one attached hydrogen (secondary N) is 2. The quantitative estimate of drug-likeness (QED) is 0.210. The Morgan fingerprint density at radius 2 is 1.87 bits per heavy atom. The Labute approximate surface area is 307 Å². The van der Waals surface area contributed by atoms with Gasteiger partial charge in [-0.05, 0) is 32.9 Å². The second kappa shape index (κ2) is 14.0. The Morgan fingerprint density at radius 1 is 1.09 bits per heavy atom. The van der Waals surface area contributed by atoms with E-state index < -0.39 is 59.7 Å². The molecule has 4 fully saturated rings. The molecule has 4 heterocycles. The van der Waals surface area contributed by atoms with Gasteiger partial charge in [0.1, 0.15) is 29.0 Å². The molecule has 8 atom stereocenters. The lowest BCUT2D eigenvalue weighted by atomic mass is 9.71. The maximum atomic E-state index is 14.1. The van der Waals surface area contributed by atoms with Crippen molar-refractivity contribution >= 4 is 17.3 Å². The van der Waals surface area contributed by atoms with Crippen molar-refractivity contribution in [2.75, 3.05) is 54.1 Å². The summed E-state index contributed by atoms with van der Waals surface area (Å²) < 4.78 is 36.2. The molecule has 2 aromatic carbocycles. The van der Waals surface area contributed by atoms with Crippen LogP contribution in [-0.4, -0.2) is 145 Å². The second-order valence-electron chi connectivity index (χ2n) is 15.0. The van der Waals surface area contributed by atoms with Crippen molar-refractivity contribution in [2.45, 2.75) is 93.8 Å². The molecule has 15 heteroatoms. The summed E-state index contributed by atoms with van der Waals surface area (Å²) in [7, 11) is 4.92. The number of hydrogen-bond acceptors (Lipinski definition) is 15. The summed E-state index contributed by atoms with van der Waals surface area (Å²) >= 11 is 0. The van der Waals surface area contributed by atoms with Crippen LogP contribution in [0.15, 0.2) is 18.2 Å². The summed E-state index contributed by atoms with van der Waals surface area (Å²) in [4.78, 5) is 32.4. The number of morpholine rings is 1. The number of nitrogens with zero attached hydrogens (tertiary/aromatic N) is 2. The Kier molecular flexibility index (Phi) is 9.61. The zero-order chi connectivity index (χ0) is 37.3. The number of carbonyl (C=O) groups excluding carboxylic acids is 2. The summed E-state index contributed by atoms with van der Waals surface area (Å²) in [5, 5.41) is 48.8. The third-order valence-electron chi connectivity index (χ3n) is 12.1. The van der Waals surface area contributed by atoms with Crippen LogP contribution >= 0.6 is 0 Å². The van der Waals surface area contributed by atoms with E-state index in [0.29, 0.717) is 38.7 Å². The Balaban J connectivity index is 1.17. The highest BCUT2D eigenvalue weighted by Crippen LogP contribution is 2.53. The number of aromatic hydroxyl groups is 2. The summed E-state index contributed by atoms with van der Waals surface area (Å²) in [6.45, 7) is 4.29. The highest BCUT2D eigenvalue weighted by atomic mass is 16.7. The normalized spacial score (nSPS) is 33.1. The first-order valence-corrected chi connectivity index (χ1v) is 18.4. The number of phenolic OH excluding ortho intramolecular Hbond substituents is 2. The molecule has 0 radical (unpaired) electrons. The number of rotatable bonds is 8. The molecular weight excluding hydrogens is 688 g/mol. The van der Waals surface area contributed by atoms with Crippen LogP contribution in [0.25, 0.3) is 0 Å². The van der Waals surface area contributed by atoms with Crippen molar-refractivity contribution in [1.29, 1.82) is 5.41 Å². The predicted molar refractivity (Wildman–Crippen MR) is 188 cm³/mol. The number of benzene rings is 2. The van der Waals surface area contributed by atoms with Crippen molar-refractivity contribution < 1.29 is 53.3 Å². The number of piperidine rings is 1. The van der Waals surface area contributed by atoms with Crippen molar-refractivity contribution in [3.8, 4) is 17.2 Å². The summed E-state index contributed by atoms with van der Waals surface area (Å²) in [6, 6.07) is 5.00. The highest BCUT2D eigenvalue weighted by molar-refractivity contribution is 6.32. The van der Waals surface area contributed by atoms with E-state index in [2.05, 4.69) is 10.2 Å². The number of fused-ring (bicyclic) bond motifs is 6. The third kappa shape index (κ3) is 5.97. The van der Waals surface area contributed by atoms with Crippen LogP contribution < -0.4 is 10.1 Å². The average Bonchev–Trinajstić information content (AvgIpc) is 3.54. The van der Waals surface area contributed by atoms with E-state index >= 15 is 0 Å². The fourth-order valence-electron chi connectivity index (χ4n) is 9.32. The number of aliphatic hydroxyl groups is 1. The van der Waals surface area contributed by atoms with Gasteiger partial charge in [0.25, 0.3) is 0 Å². The molecule has 2 aromatic rings. The Hall–Kier alpha value is -3.51. The van der Waals surface area contributed by atoms with E-state index in [-0.39, 0.29) is 76.4 Å². The van der Waals surface area contributed by atoms with Gasteiger partial charge in [-0.3, -0.25) is 24.8 Å². The van der Waals surface area contributed by atoms with Crippen LogP contribution in [0, 0.1) is 5.41 Å². The number of ketones is 2. The second-order valence-corrected chi connectivity index (χ2v) is 15.0. The van der Waals surface area contributed by atoms with Crippen LogP contribution in [0.3, 0.4) is 0 Å². The zero-order valence-electron chi connectivity index (χ0n) is 30.4. The predicted octanol–water partition coefficient (Wildman–Crippen LogP) is 1.59. The van der Waals surface area contributed by atoms with Gasteiger partial charge in [-0.2, -0.15) is 0 Å². The van der Waals surface area contributed by atoms with E-state index in [9.17, 15) is 30.3 Å². The number of carbonyl (C=O) groups is 2. The Bertz CT molecular complexity index is 1810. The van der Waals surface area contributed by atoms with Gasteiger partial charge in [0.2, 0.25) is 0 Å². The molecule has 8 rings (SSSR count). The lowest BCUT2D eigenvalue weighted by molar-refractivity contribution is -0.256. The number of ether oxygens (including phenoxy) is 6. The molecule has 2 aliphatic carbocycles. The number of likely N-dealkylation sites (tertiary alicyclic amines) is 1. The minimum Gasteiger partial charge on any atom is -0.507 e. The monoisotopic (exact) mass is 736 g/mol. The van der Waals surface area contributed by atoms with Crippen LogP contribution in [0.4, 0.5) is 0 Å². The van der Waals surface area contributed by atoms with Gasteiger partial charge in [-0.1, -0.05) is 12.1 Å². The molecule has 286 valence electrons. The molecule has 15 nitrogen and oxygen atoms in total. The number of Topliss-reactive ketones (excluding diaryl/α,β-unsaturated/α-hetero) is 1. The third-order valence-corrected chi connectivity index (χ3v) is 12.1. The SMILES string of the molecule is CNC1CCN(CC(=O)[C@]2(O)Cc3c(O)c4c(c(O)c3[C@@H](O[C@H]3C[C@H]5[C@H](O[C@@H]6[C@@H](OC)OCCN65)[C@H](C)O3)C2)C(=N)c2c(OC)cccc2C4=O)CC1. The van der Waals surface area contributed by atoms with Crippen molar-refractivity contribution in [3.05, 3.63) is 51.6 Å². The van der Waals surface area contributed by atoms with Crippen LogP contribution in [0.1, 0.15) is 76.9 Å². The first-order chi connectivity index (χ1) is 25.5.